The molecule has 1 aromatic heterocycles. The number of rotatable bonds is 8. The van der Waals surface area contributed by atoms with Gasteiger partial charge in [-0.2, -0.15) is 0 Å². The molecule has 0 aliphatic rings. The molecule has 0 saturated heterocycles. The van der Waals surface area contributed by atoms with Gasteiger partial charge in [-0.3, -0.25) is 4.98 Å². The molecular weight excluding hydrogens is 433 g/mol. The predicted octanol–water partition coefficient (Wildman–Crippen LogP) is 7.40. The first kappa shape index (κ1) is 27.2. The number of ether oxygens (including phenoxy) is 1. The molecule has 182 valence electrons. The number of esters is 1. The molecule has 1 unspecified atom stereocenters. The molecule has 0 bridgehead atoms. The lowest BCUT2D eigenvalue weighted by Gasteiger charge is -2.37. The van der Waals surface area contributed by atoms with Crippen LogP contribution < -0.4 is 0 Å². The Morgan fingerprint density at radius 2 is 1.58 bits per heavy atom. The highest BCUT2D eigenvalue weighted by molar-refractivity contribution is 6.48. The first-order valence-corrected chi connectivity index (χ1v) is 14.7. The molecular formula is C27H40FNO3Si. The van der Waals surface area contributed by atoms with Crippen LogP contribution >= 0.6 is 0 Å². The van der Waals surface area contributed by atoms with Gasteiger partial charge in [0.2, 0.25) is 0 Å². The van der Waals surface area contributed by atoms with Gasteiger partial charge in [-0.25, -0.2) is 9.18 Å². The summed E-state index contributed by atoms with van der Waals surface area (Å²) < 4.78 is 26.1. The molecule has 0 radical (unpaired) electrons. The number of nitrogens with zero attached hydrogens (tertiary/aromatic N) is 1. The zero-order chi connectivity index (χ0) is 25.1. The molecule has 1 atom stereocenters. The second kappa shape index (κ2) is 10.9. The van der Waals surface area contributed by atoms with Gasteiger partial charge in [-0.15, -0.1) is 0 Å². The van der Waals surface area contributed by atoms with Crippen molar-refractivity contribution in [1.82, 2.24) is 4.98 Å². The summed E-state index contributed by atoms with van der Waals surface area (Å²) in [5.41, 5.74) is 4.27. The Bertz CT molecular complexity index is 963. The molecule has 0 saturated carbocycles. The lowest BCUT2D eigenvalue weighted by Crippen LogP contribution is -2.29. The Balaban J connectivity index is 3.14. The van der Waals surface area contributed by atoms with E-state index in [0.29, 0.717) is 11.3 Å². The minimum Gasteiger partial charge on any atom is -0.462 e. The summed E-state index contributed by atoms with van der Waals surface area (Å²) in [5, 5.41) is 0. The topological polar surface area (TPSA) is 48.4 Å². The Morgan fingerprint density at radius 3 is 2.00 bits per heavy atom. The number of carbonyl (C=O) groups is 1. The number of aromatic nitrogens is 1. The zero-order valence-corrected chi connectivity index (χ0v) is 23.0. The summed E-state index contributed by atoms with van der Waals surface area (Å²) in [6.07, 6.45) is -0.275. The second-order valence-corrected chi connectivity index (χ2v) is 12.9. The molecule has 0 fully saturated rings. The van der Waals surface area contributed by atoms with Crippen LogP contribution in [0, 0.1) is 11.2 Å². The van der Waals surface area contributed by atoms with Gasteiger partial charge in [0.25, 0.3) is 0 Å². The van der Waals surface area contributed by atoms with E-state index in [1.54, 1.807) is 19.1 Å². The fourth-order valence-electron chi connectivity index (χ4n) is 4.06. The minimum absolute atomic E-state index is 0.00336. The molecule has 1 heterocycles. The smallest absolute Gasteiger partial charge is 0.340 e. The predicted molar refractivity (Wildman–Crippen MR) is 136 cm³/mol. The zero-order valence-electron chi connectivity index (χ0n) is 21.9. The van der Waals surface area contributed by atoms with Gasteiger partial charge in [0.1, 0.15) is 5.82 Å². The van der Waals surface area contributed by atoms with E-state index >= 15 is 0 Å². The van der Waals surface area contributed by atoms with Crippen LogP contribution in [-0.4, -0.2) is 26.6 Å². The van der Waals surface area contributed by atoms with E-state index in [4.69, 9.17) is 14.1 Å². The van der Waals surface area contributed by atoms with Gasteiger partial charge in [0.15, 0.2) is 9.04 Å². The van der Waals surface area contributed by atoms with Crippen LogP contribution in [0.25, 0.3) is 11.1 Å². The SMILES string of the molecule is CCOC(=O)c1c(C(C)C)nc(C(C)C)c(C(O[SiH](C)C)C(C)(C)C)c1-c1ccc(F)cc1. The van der Waals surface area contributed by atoms with E-state index in [-0.39, 0.29) is 35.8 Å². The Labute approximate surface area is 200 Å². The van der Waals surface area contributed by atoms with Crippen molar-refractivity contribution in [3.63, 3.8) is 0 Å². The summed E-state index contributed by atoms with van der Waals surface area (Å²) in [6.45, 7) is 21.1. The fraction of sp³-hybridized carbons (Fsp3) is 0.556. The summed E-state index contributed by atoms with van der Waals surface area (Å²) >= 11 is 0. The number of benzene rings is 1. The first-order valence-electron chi connectivity index (χ1n) is 12.0. The molecule has 1 aromatic carbocycles. The van der Waals surface area contributed by atoms with Crippen molar-refractivity contribution >= 4 is 15.0 Å². The van der Waals surface area contributed by atoms with Crippen molar-refractivity contribution in [2.24, 2.45) is 5.41 Å². The Morgan fingerprint density at radius 1 is 1.03 bits per heavy atom. The van der Waals surface area contributed by atoms with E-state index in [1.807, 2.05) is 13.8 Å². The third kappa shape index (κ3) is 6.30. The maximum absolute atomic E-state index is 13.9. The molecule has 6 heteroatoms. The first-order chi connectivity index (χ1) is 15.3. The molecule has 33 heavy (non-hydrogen) atoms. The Kier molecular flexibility index (Phi) is 8.99. The average Bonchev–Trinajstić information content (AvgIpc) is 2.70. The van der Waals surface area contributed by atoms with Crippen molar-refractivity contribution < 1.29 is 18.3 Å². The van der Waals surface area contributed by atoms with E-state index in [0.717, 1.165) is 22.4 Å². The van der Waals surface area contributed by atoms with E-state index in [9.17, 15) is 9.18 Å². The van der Waals surface area contributed by atoms with Crippen molar-refractivity contribution in [2.75, 3.05) is 6.61 Å². The van der Waals surface area contributed by atoms with Crippen LogP contribution in [0.3, 0.4) is 0 Å². The molecule has 0 aliphatic heterocycles. The van der Waals surface area contributed by atoms with Gasteiger partial charge in [-0.05, 0) is 55.0 Å². The van der Waals surface area contributed by atoms with Gasteiger partial charge in [0, 0.05) is 16.8 Å². The number of hydrogen-bond donors (Lipinski definition) is 0. The largest absolute Gasteiger partial charge is 0.462 e. The highest BCUT2D eigenvalue weighted by Gasteiger charge is 2.37. The quantitative estimate of drug-likeness (QED) is 0.296. The monoisotopic (exact) mass is 473 g/mol. The van der Waals surface area contributed by atoms with Gasteiger partial charge < -0.3 is 9.16 Å². The number of pyridine rings is 1. The standard InChI is InChI=1S/C27H40FNO3Si/c1-11-31-26(30)22-20(18-12-14-19(28)15-13-18)21(25(27(6,7)8)32-33(9)10)23(16(2)3)29-24(22)17(4)5/h12-17,25,33H,11H2,1-10H3. The van der Waals surface area contributed by atoms with E-state index in [1.165, 1.54) is 12.1 Å². The van der Waals surface area contributed by atoms with Crippen molar-refractivity contribution in [1.29, 1.82) is 0 Å². The van der Waals surface area contributed by atoms with Crippen LogP contribution in [0.1, 0.15) is 101 Å². The van der Waals surface area contributed by atoms with Crippen molar-refractivity contribution in [3.8, 4) is 11.1 Å². The van der Waals surface area contributed by atoms with Crippen LogP contribution in [0.15, 0.2) is 24.3 Å². The third-order valence-electron chi connectivity index (χ3n) is 5.46. The van der Waals surface area contributed by atoms with Crippen LogP contribution in [0.5, 0.6) is 0 Å². The molecule has 0 N–H and O–H groups in total. The molecule has 0 spiro atoms. The molecule has 2 aromatic rings. The summed E-state index contributed by atoms with van der Waals surface area (Å²) in [7, 11) is -1.46. The minimum atomic E-state index is -1.46. The van der Waals surface area contributed by atoms with Crippen LogP contribution in [-0.2, 0) is 9.16 Å². The van der Waals surface area contributed by atoms with Gasteiger partial charge in [-0.1, -0.05) is 60.6 Å². The number of carbonyl (C=O) groups excluding carboxylic acids is 1. The van der Waals surface area contributed by atoms with E-state index < -0.39 is 15.0 Å². The lowest BCUT2D eigenvalue weighted by atomic mass is 9.77. The average molecular weight is 474 g/mol. The normalized spacial score (nSPS) is 13.2. The second-order valence-electron chi connectivity index (χ2n) is 10.5. The maximum Gasteiger partial charge on any atom is 0.340 e. The summed E-state index contributed by atoms with van der Waals surface area (Å²) in [6, 6.07) is 6.33. The van der Waals surface area contributed by atoms with Gasteiger partial charge in [0.05, 0.1) is 24.0 Å². The highest BCUT2D eigenvalue weighted by Crippen LogP contribution is 2.47. The summed E-state index contributed by atoms with van der Waals surface area (Å²) in [5.74, 6) is -0.615. The third-order valence-corrected chi connectivity index (χ3v) is 6.27. The Hall–Kier alpha value is -2.05. The van der Waals surface area contributed by atoms with Crippen LogP contribution in [0.4, 0.5) is 4.39 Å². The fourth-order valence-corrected chi connectivity index (χ4v) is 5.15. The summed E-state index contributed by atoms with van der Waals surface area (Å²) in [4.78, 5) is 18.5. The number of hydrogen-bond acceptors (Lipinski definition) is 4. The number of halogens is 1. The molecule has 4 nitrogen and oxygen atoms in total. The van der Waals surface area contributed by atoms with Gasteiger partial charge >= 0.3 is 5.97 Å². The van der Waals surface area contributed by atoms with Crippen molar-refractivity contribution in [2.45, 2.75) is 86.4 Å². The maximum atomic E-state index is 13.9. The highest BCUT2D eigenvalue weighted by atomic mass is 28.3. The lowest BCUT2D eigenvalue weighted by molar-refractivity contribution is 0.0523. The molecule has 0 aliphatic carbocycles. The molecule has 0 amide bonds. The van der Waals surface area contributed by atoms with E-state index in [2.05, 4.69) is 47.7 Å². The van der Waals surface area contributed by atoms with Crippen molar-refractivity contribution in [3.05, 3.63) is 52.6 Å². The molecule has 2 rings (SSSR count). The van der Waals surface area contributed by atoms with Crippen LogP contribution in [0.2, 0.25) is 13.1 Å².